The predicted molar refractivity (Wildman–Crippen MR) is 72.8 cm³/mol. The van der Waals surface area contributed by atoms with Crippen LogP contribution in [0.3, 0.4) is 0 Å². The van der Waals surface area contributed by atoms with Crippen LogP contribution in [0.25, 0.3) is 0 Å². The van der Waals surface area contributed by atoms with E-state index < -0.39 is 0 Å². The second kappa shape index (κ2) is 6.29. The van der Waals surface area contributed by atoms with Gasteiger partial charge in [0, 0.05) is 24.4 Å². The van der Waals surface area contributed by atoms with E-state index in [1.807, 2.05) is 12.1 Å². The number of halogens is 1. The van der Waals surface area contributed by atoms with Crippen molar-refractivity contribution in [2.24, 2.45) is 0 Å². The zero-order valence-electron chi connectivity index (χ0n) is 11.1. The molecule has 2 aromatic rings. The van der Waals surface area contributed by atoms with Crippen molar-refractivity contribution in [2.45, 2.75) is 19.9 Å². The van der Waals surface area contributed by atoms with Crippen molar-refractivity contribution in [3.63, 3.8) is 0 Å². The lowest BCUT2D eigenvalue weighted by molar-refractivity contribution is 0.455. The molecule has 100 valence electrons. The number of benzene rings is 1. The highest BCUT2D eigenvalue weighted by Gasteiger charge is 2.06. The van der Waals surface area contributed by atoms with Gasteiger partial charge in [-0.15, -0.1) is 0 Å². The number of nitrogens with zero attached hydrogens (tertiary/aromatic N) is 1. The first-order chi connectivity index (χ1) is 9.19. The average Bonchev–Trinajstić information content (AvgIpc) is 2.39. The van der Waals surface area contributed by atoms with E-state index in [4.69, 9.17) is 4.74 Å². The standard InChI is InChI=1S/C15H17FN2O/c1-3-17-11(2)12-7-8-18-15(9-12)19-14-6-4-5-13(16)10-14/h4-11,17H,3H2,1-2H3. The van der Waals surface area contributed by atoms with Crippen molar-refractivity contribution in [3.8, 4) is 11.6 Å². The molecule has 0 radical (unpaired) electrons. The maximum Gasteiger partial charge on any atom is 0.219 e. The third-order valence-electron chi connectivity index (χ3n) is 2.79. The summed E-state index contributed by atoms with van der Waals surface area (Å²) in [4.78, 5) is 4.13. The Bertz CT molecular complexity index is 545. The summed E-state index contributed by atoms with van der Waals surface area (Å²) in [7, 11) is 0. The molecule has 0 aliphatic heterocycles. The van der Waals surface area contributed by atoms with Crippen LogP contribution in [0.2, 0.25) is 0 Å². The fourth-order valence-electron chi connectivity index (χ4n) is 1.83. The minimum Gasteiger partial charge on any atom is -0.439 e. The van der Waals surface area contributed by atoms with Gasteiger partial charge in [0.15, 0.2) is 0 Å². The molecule has 1 N–H and O–H groups in total. The van der Waals surface area contributed by atoms with Crippen molar-refractivity contribution in [1.29, 1.82) is 0 Å². The van der Waals surface area contributed by atoms with Crippen molar-refractivity contribution >= 4 is 0 Å². The van der Waals surface area contributed by atoms with Gasteiger partial charge in [-0.2, -0.15) is 0 Å². The molecular weight excluding hydrogens is 243 g/mol. The minimum atomic E-state index is -0.324. The molecule has 0 fully saturated rings. The Labute approximate surface area is 112 Å². The highest BCUT2D eigenvalue weighted by Crippen LogP contribution is 2.22. The minimum absolute atomic E-state index is 0.225. The molecule has 0 amide bonds. The normalized spacial score (nSPS) is 12.2. The topological polar surface area (TPSA) is 34.2 Å². The summed E-state index contributed by atoms with van der Waals surface area (Å²) < 4.78 is 18.6. The van der Waals surface area contributed by atoms with Gasteiger partial charge >= 0.3 is 0 Å². The van der Waals surface area contributed by atoms with E-state index >= 15 is 0 Å². The molecule has 0 saturated heterocycles. The van der Waals surface area contributed by atoms with Gasteiger partial charge in [0.2, 0.25) is 5.88 Å². The average molecular weight is 260 g/mol. The Kier molecular flexibility index (Phi) is 4.47. The Morgan fingerprint density at radius 2 is 2.16 bits per heavy atom. The van der Waals surface area contributed by atoms with E-state index in [9.17, 15) is 4.39 Å². The number of ether oxygens (including phenoxy) is 1. The Morgan fingerprint density at radius 1 is 1.32 bits per heavy atom. The van der Waals surface area contributed by atoms with Gasteiger partial charge < -0.3 is 10.1 Å². The first-order valence-electron chi connectivity index (χ1n) is 6.32. The van der Waals surface area contributed by atoms with Gasteiger partial charge in [-0.25, -0.2) is 9.37 Å². The molecule has 4 heteroatoms. The van der Waals surface area contributed by atoms with Crippen molar-refractivity contribution in [1.82, 2.24) is 10.3 Å². The smallest absolute Gasteiger partial charge is 0.219 e. The lowest BCUT2D eigenvalue weighted by Gasteiger charge is -2.13. The molecule has 0 bridgehead atoms. The molecule has 19 heavy (non-hydrogen) atoms. The number of hydrogen-bond acceptors (Lipinski definition) is 3. The lowest BCUT2D eigenvalue weighted by Crippen LogP contribution is -2.17. The number of hydrogen-bond donors (Lipinski definition) is 1. The van der Waals surface area contributed by atoms with Crippen molar-refractivity contribution in [3.05, 3.63) is 54.0 Å². The molecule has 0 saturated carbocycles. The van der Waals surface area contributed by atoms with Gasteiger partial charge in [-0.3, -0.25) is 0 Å². The molecule has 0 spiro atoms. The maximum absolute atomic E-state index is 13.1. The van der Waals surface area contributed by atoms with Crippen molar-refractivity contribution < 1.29 is 9.13 Å². The summed E-state index contributed by atoms with van der Waals surface area (Å²) in [6, 6.07) is 10.0. The Hall–Kier alpha value is -1.94. The van der Waals surface area contributed by atoms with E-state index in [0.29, 0.717) is 11.6 Å². The van der Waals surface area contributed by atoms with E-state index in [0.717, 1.165) is 12.1 Å². The number of aromatic nitrogens is 1. The largest absolute Gasteiger partial charge is 0.439 e. The monoisotopic (exact) mass is 260 g/mol. The Morgan fingerprint density at radius 3 is 2.89 bits per heavy atom. The molecule has 2 rings (SSSR count). The first kappa shape index (κ1) is 13.5. The summed E-state index contributed by atoms with van der Waals surface area (Å²) in [5, 5.41) is 3.32. The van der Waals surface area contributed by atoms with Crippen LogP contribution >= 0.6 is 0 Å². The third-order valence-corrected chi connectivity index (χ3v) is 2.79. The quantitative estimate of drug-likeness (QED) is 0.890. The van der Waals surface area contributed by atoms with Gasteiger partial charge in [0.25, 0.3) is 0 Å². The van der Waals surface area contributed by atoms with E-state index in [-0.39, 0.29) is 11.9 Å². The predicted octanol–water partition coefficient (Wildman–Crippen LogP) is 3.68. The molecule has 0 aliphatic carbocycles. The molecule has 1 unspecified atom stereocenters. The molecule has 1 heterocycles. The van der Waals surface area contributed by atoms with Crippen LogP contribution in [0.4, 0.5) is 4.39 Å². The second-order valence-electron chi connectivity index (χ2n) is 4.27. The SMILES string of the molecule is CCNC(C)c1ccnc(Oc2cccc(F)c2)c1. The molecule has 3 nitrogen and oxygen atoms in total. The van der Waals surface area contributed by atoms with Crippen LogP contribution in [0.5, 0.6) is 11.6 Å². The number of rotatable bonds is 5. The highest BCUT2D eigenvalue weighted by atomic mass is 19.1. The summed E-state index contributed by atoms with van der Waals surface area (Å²) in [5.74, 6) is 0.586. The van der Waals surface area contributed by atoms with Crippen LogP contribution in [-0.2, 0) is 0 Å². The van der Waals surface area contributed by atoms with Crippen LogP contribution in [0.1, 0.15) is 25.5 Å². The number of nitrogens with one attached hydrogen (secondary N) is 1. The maximum atomic E-state index is 13.1. The zero-order valence-corrected chi connectivity index (χ0v) is 11.1. The van der Waals surface area contributed by atoms with Gasteiger partial charge in [0.1, 0.15) is 11.6 Å². The van der Waals surface area contributed by atoms with Gasteiger partial charge in [-0.1, -0.05) is 13.0 Å². The summed E-state index contributed by atoms with van der Waals surface area (Å²) in [6.45, 7) is 5.02. The van der Waals surface area contributed by atoms with Crippen LogP contribution in [0, 0.1) is 5.82 Å². The lowest BCUT2D eigenvalue weighted by atomic mass is 10.1. The van der Waals surface area contributed by atoms with E-state index in [1.54, 1.807) is 18.3 Å². The van der Waals surface area contributed by atoms with Gasteiger partial charge in [0.05, 0.1) is 0 Å². The zero-order chi connectivity index (χ0) is 13.7. The Balaban J connectivity index is 2.15. The van der Waals surface area contributed by atoms with Crippen LogP contribution < -0.4 is 10.1 Å². The van der Waals surface area contributed by atoms with Crippen LogP contribution in [0.15, 0.2) is 42.6 Å². The molecule has 1 atom stereocenters. The molecule has 1 aromatic carbocycles. The molecular formula is C15H17FN2O. The summed E-state index contributed by atoms with van der Waals surface area (Å²) in [5.41, 5.74) is 1.09. The second-order valence-corrected chi connectivity index (χ2v) is 4.27. The first-order valence-corrected chi connectivity index (χ1v) is 6.32. The fraction of sp³-hybridized carbons (Fsp3) is 0.267. The van der Waals surface area contributed by atoms with Crippen LogP contribution in [-0.4, -0.2) is 11.5 Å². The third kappa shape index (κ3) is 3.76. The summed E-state index contributed by atoms with van der Waals surface area (Å²) in [6.07, 6.45) is 1.69. The highest BCUT2D eigenvalue weighted by molar-refractivity contribution is 5.30. The van der Waals surface area contributed by atoms with E-state index in [2.05, 4.69) is 24.1 Å². The summed E-state index contributed by atoms with van der Waals surface area (Å²) >= 11 is 0. The molecule has 0 aliphatic rings. The van der Waals surface area contributed by atoms with Gasteiger partial charge in [-0.05, 0) is 37.2 Å². The van der Waals surface area contributed by atoms with E-state index in [1.165, 1.54) is 12.1 Å². The number of pyridine rings is 1. The molecule has 1 aromatic heterocycles. The fourth-order valence-corrected chi connectivity index (χ4v) is 1.83. The van der Waals surface area contributed by atoms with Crippen molar-refractivity contribution in [2.75, 3.05) is 6.54 Å².